The lowest BCUT2D eigenvalue weighted by atomic mass is 9.79. The molecule has 0 radical (unpaired) electrons. The fourth-order valence-corrected chi connectivity index (χ4v) is 2.98. The number of carbonyl (C=O) groups is 2. The molecule has 19 heavy (non-hydrogen) atoms. The molecule has 1 aliphatic heterocycles. The minimum absolute atomic E-state index is 0.0173. The van der Waals surface area contributed by atoms with Crippen LogP contribution in [0.2, 0.25) is 0 Å². The van der Waals surface area contributed by atoms with Crippen LogP contribution in [0.1, 0.15) is 31.2 Å². The van der Waals surface area contributed by atoms with Crippen LogP contribution >= 0.6 is 0 Å². The molecule has 1 heterocycles. The maximum absolute atomic E-state index is 11.6. The molecule has 1 amide bonds. The predicted octanol–water partition coefficient (Wildman–Crippen LogP) is 1.91. The first-order valence-corrected chi connectivity index (χ1v) is 6.42. The second-order valence-electron chi connectivity index (χ2n) is 5.14. The van der Waals surface area contributed by atoms with Crippen molar-refractivity contribution in [3.05, 3.63) is 23.8 Å². The fourth-order valence-electron chi connectivity index (χ4n) is 2.98. The molecule has 0 unspecified atom stereocenters. The molecule has 0 bridgehead atoms. The summed E-state index contributed by atoms with van der Waals surface area (Å²) in [7, 11) is 0. The number of ether oxygens (including phenoxy) is 1. The standard InChI is InChI=1S/C14H15NO4/c16-12-8-19-11-7-9(3-4-10(11)15-12)14(13(17)18)5-1-2-6-14/h3-4,7H,1-2,5-6,8H2,(H,15,16)(H,17,18). The number of carboxylic acids is 1. The van der Waals surface area contributed by atoms with Crippen LogP contribution in [0, 0.1) is 0 Å². The molecule has 5 heteroatoms. The maximum atomic E-state index is 11.6. The molecule has 0 atom stereocenters. The van der Waals surface area contributed by atoms with Crippen LogP contribution in [0.4, 0.5) is 5.69 Å². The third kappa shape index (κ3) is 1.85. The predicted molar refractivity (Wildman–Crippen MR) is 68.3 cm³/mol. The summed E-state index contributed by atoms with van der Waals surface area (Å²) in [5, 5.41) is 12.3. The monoisotopic (exact) mass is 261 g/mol. The topological polar surface area (TPSA) is 75.6 Å². The summed E-state index contributed by atoms with van der Waals surface area (Å²) in [6.07, 6.45) is 3.18. The van der Waals surface area contributed by atoms with E-state index in [-0.39, 0.29) is 12.5 Å². The van der Waals surface area contributed by atoms with Gasteiger partial charge in [0.15, 0.2) is 6.61 Å². The molecule has 2 aliphatic rings. The Hall–Kier alpha value is -2.04. The van der Waals surface area contributed by atoms with Crippen molar-refractivity contribution in [1.82, 2.24) is 0 Å². The number of rotatable bonds is 2. The van der Waals surface area contributed by atoms with Gasteiger partial charge in [-0.2, -0.15) is 0 Å². The molecule has 1 aliphatic carbocycles. The number of nitrogens with one attached hydrogen (secondary N) is 1. The summed E-state index contributed by atoms with van der Waals surface area (Å²) in [6, 6.07) is 5.27. The number of fused-ring (bicyclic) bond motifs is 1. The molecule has 0 spiro atoms. The average molecular weight is 261 g/mol. The van der Waals surface area contributed by atoms with Gasteiger partial charge >= 0.3 is 5.97 Å². The van der Waals surface area contributed by atoms with Crippen molar-refractivity contribution in [2.45, 2.75) is 31.1 Å². The number of amides is 1. The highest BCUT2D eigenvalue weighted by Gasteiger charge is 2.43. The number of hydrogen-bond acceptors (Lipinski definition) is 3. The van der Waals surface area contributed by atoms with Gasteiger partial charge in [0.25, 0.3) is 5.91 Å². The van der Waals surface area contributed by atoms with E-state index in [0.717, 1.165) is 18.4 Å². The van der Waals surface area contributed by atoms with Crippen LogP contribution in [0.5, 0.6) is 5.75 Å². The zero-order chi connectivity index (χ0) is 13.5. The third-order valence-electron chi connectivity index (χ3n) is 4.03. The lowest BCUT2D eigenvalue weighted by Crippen LogP contribution is -2.33. The number of benzene rings is 1. The van der Waals surface area contributed by atoms with E-state index in [1.807, 2.05) is 0 Å². The van der Waals surface area contributed by atoms with Gasteiger partial charge in [-0.05, 0) is 30.5 Å². The Morgan fingerprint density at radius 1 is 1.32 bits per heavy atom. The van der Waals surface area contributed by atoms with Crippen molar-refractivity contribution in [2.24, 2.45) is 0 Å². The zero-order valence-corrected chi connectivity index (χ0v) is 10.4. The maximum Gasteiger partial charge on any atom is 0.314 e. The molecule has 1 saturated carbocycles. The van der Waals surface area contributed by atoms with E-state index in [0.29, 0.717) is 24.3 Å². The number of carbonyl (C=O) groups excluding carboxylic acids is 1. The Balaban J connectivity index is 2.02. The van der Waals surface area contributed by atoms with Gasteiger partial charge in [0.2, 0.25) is 0 Å². The van der Waals surface area contributed by atoms with Crippen molar-refractivity contribution in [3.63, 3.8) is 0 Å². The van der Waals surface area contributed by atoms with Crippen LogP contribution in [-0.4, -0.2) is 23.6 Å². The van der Waals surface area contributed by atoms with E-state index in [2.05, 4.69) is 5.32 Å². The molecular weight excluding hydrogens is 246 g/mol. The molecule has 100 valence electrons. The Morgan fingerprint density at radius 2 is 2.05 bits per heavy atom. The zero-order valence-electron chi connectivity index (χ0n) is 10.4. The Labute approximate surface area is 110 Å². The van der Waals surface area contributed by atoms with Gasteiger partial charge in [-0.15, -0.1) is 0 Å². The van der Waals surface area contributed by atoms with Gasteiger partial charge in [-0.25, -0.2) is 0 Å². The van der Waals surface area contributed by atoms with E-state index >= 15 is 0 Å². The highest BCUT2D eigenvalue weighted by Crippen LogP contribution is 2.43. The molecule has 1 fully saturated rings. The van der Waals surface area contributed by atoms with Crippen LogP contribution in [0.3, 0.4) is 0 Å². The lowest BCUT2D eigenvalue weighted by Gasteiger charge is -2.26. The first-order valence-electron chi connectivity index (χ1n) is 6.42. The SMILES string of the molecule is O=C1COc2cc(C3(C(=O)O)CCCC3)ccc2N1. The van der Waals surface area contributed by atoms with E-state index in [9.17, 15) is 14.7 Å². The number of hydrogen-bond donors (Lipinski definition) is 2. The van der Waals surface area contributed by atoms with Crippen LogP contribution in [0.15, 0.2) is 18.2 Å². The first kappa shape index (κ1) is 12.0. The smallest absolute Gasteiger partial charge is 0.314 e. The number of anilines is 1. The normalized spacial score (nSPS) is 20.3. The van der Waals surface area contributed by atoms with Gasteiger partial charge in [-0.1, -0.05) is 18.9 Å². The molecule has 0 saturated heterocycles. The van der Waals surface area contributed by atoms with Crippen LogP contribution in [0.25, 0.3) is 0 Å². The van der Waals surface area contributed by atoms with Crippen molar-refractivity contribution >= 4 is 17.6 Å². The Kier molecular flexibility index (Phi) is 2.69. The average Bonchev–Trinajstić information content (AvgIpc) is 2.88. The summed E-state index contributed by atoms with van der Waals surface area (Å²) < 4.78 is 5.36. The minimum Gasteiger partial charge on any atom is -0.482 e. The van der Waals surface area contributed by atoms with Gasteiger partial charge in [-0.3, -0.25) is 9.59 Å². The molecule has 1 aromatic carbocycles. The molecule has 1 aromatic rings. The Bertz CT molecular complexity index is 546. The first-order chi connectivity index (χ1) is 9.12. The fraction of sp³-hybridized carbons (Fsp3) is 0.429. The van der Waals surface area contributed by atoms with Gasteiger partial charge < -0.3 is 15.2 Å². The van der Waals surface area contributed by atoms with Crippen molar-refractivity contribution < 1.29 is 19.4 Å². The molecule has 2 N–H and O–H groups in total. The number of carboxylic acid groups (broad SMARTS) is 1. The summed E-state index contributed by atoms with van der Waals surface area (Å²) >= 11 is 0. The molecule has 0 aromatic heterocycles. The molecule has 3 rings (SSSR count). The highest BCUT2D eigenvalue weighted by atomic mass is 16.5. The second kappa shape index (κ2) is 4.26. The van der Waals surface area contributed by atoms with Gasteiger partial charge in [0, 0.05) is 0 Å². The van der Waals surface area contributed by atoms with E-state index in [4.69, 9.17) is 4.74 Å². The summed E-state index contributed by atoms with van der Waals surface area (Å²) in [5.74, 6) is -0.400. The lowest BCUT2D eigenvalue weighted by molar-refractivity contribution is -0.143. The minimum atomic E-state index is -0.792. The van der Waals surface area contributed by atoms with E-state index in [1.165, 1.54) is 0 Å². The second-order valence-corrected chi connectivity index (χ2v) is 5.14. The van der Waals surface area contributed by atoms with E-state index < -0.39 is 11.4 Å². The van der Waals surface area contributed by atoms with Crippen LogP contribution in [-0.2, 0) is 15.0 Å². The molecule has 5 nitrogen and oxygen atoms in total. The van der Waals surface area contributed by atoms with E-state index in [1.54, 1.807) is 18.2 Å². The quantitative estimate of drug-likeness (QED) is 0.852. The van der Waals surface area contributed by atoms with Gasteiger partial charge in [0.1, 0.15) is 5.75 Å². The summed E-state index contributed by atoms with van der Waals surface area (Å²) in [6.45, 7) is -0.0173. The Morgan fingerprint density at radius 3 is 2.74 bits per heavy atom. The van der Waals surface area contributed by atoms with Crippen molar-refractivity contribution in [3.8, 4) is 5.75 Å². The number of aliphatic carboxylic acids is 1. The van der Waals surface area contributed by atoms with Gasteiger partial charge in [0.05, 0.1) is 11.1 Å². The summed E-state index contributed by atoms with van der Waals surface area (Å²) in [5.41, 5.74) is 0.589. The highest BCUT2D eigenvalue weighted by molar-refractivity contribution is 5.95. The third-order valence-corrected chi connectivity index (χ3v) is 4.03. The molecular formula is C14H15NO4. The largest absolute Gasteiger partial charge is 0.482 e. The summed E-state index contributed by atoms with van der Waals surface area (Å²) in [4.78, 5) is 22.8. The van der Waals surface area contributed by atoms with Crippen molar-refractivity contribution in [2.75, 3.05) is 11.9 Å². The van der Waals surface area contributed by atoms with Crippen LogP contribution < -0.4 is 10.1 Å². The van der Waals surface area contributed by atoms with Crippen molar-refractivity contribution in [1.29, 1.82) is 0 Å².